The van der Waals surface area contributed by atoms with Crippen LogP contribution in [0.25, 0.3) is 0 Å². The molecule has 0 aliphatic carbocycles. The van der Waals surface area contributed by atoms with Crippen molar-refractivity contribution in [2.45, 2.75) is 18.2 Å². The third kappa shape index (κ3) is 3.58. The molecule has 0 saturated carbocycles. The van der Waals surface area contributed by atoms with E-state index < -0.39 is 10.7 Å². The molecule has 0 heterocycles. The third-order valence-corrected chi connectivity index (χ3v) is 3.61. The predicted octanol–water partition coefficient (Wildman–Crippen LogP) is 2.59. The molecule has 0 saturated heterocycles. The van der Waals surface area contributed by atoms with Crippen LogP contribution in [-0.4, -0.2) is 15.0 Å². The Balaban J connectivity index is 2.07. The first-order valence-corrected chi connectivity index (χ1v) is 7.27. The molecule has 0 bridgehead atoms. The largest absolute Gasteiger partial charge is 0.492 e. The molecule has 0 unspecified atom stereocenters. The van der Waals surface area contributed by atoms with Crippen LogP contribution in [0.1, 0.15) is 11.1 Å². The highest BCUT2D eigenvalue weighted by Gasteiger charge is 2.08. The van der Waals surface area contributed by atoms with E-state index in [9.17, 15) is 8.42 Å². The van der Waals surface area contributed by atoms with Crippen LogP contribution in [0.5, 0.6) is 5.75 Å². The van der Waals surface area contributed by atoms with Gasteiger partial charge in [-0.2, -0.15) is 0 Å². The van der Waals surface area contributed by atoms with Gasteiger partial charge < -0.3 is 4.74 Å². The Bertz CT molecular complexity index is 611. The van der Waals surface area contributed by atoms with Crippen molar-refractivity contribution in [1.82, 2.24) is 0 Å². The fourth-order valence-electron chi connectivity index (χ4n) is 1.88. The number of rotatable bonds is 5. The summed E-state index contributed by atoms with van der Waals surface area (Å²) >= 11 is 0. The Morgan fingerprint density at radius 1 is 1.00 bits per heavy atom. The van der Waals surface area contributed by atoms with E-state index in [1.54, 1.807) is 12.1 Å². The molecule has 0 atom stereocenters. The van der Waals surface area contributed by atoms with E-state index >= 15 is 0 Å². The molecule has 0 spiro atoms. The number of thiol groups is 1. The van der Waals surface area contributed by atoms with E-state index in [2.05, 4.69) is 0 Å². The smallest absolute Gasteiger partial charge is 0.171 e. The molecular weight excluding hydrogens is 260 g/mol. The highest BCUT2D eigenvalue weighted by Crippen LogP contribution is 2.24. The van der Waals surface area contributed by atoms with E-state index in [4.69, 9.17) is 4.74 Å². The maximum Gasteiger partial charge on any atom is 0.171 e. The van der Waals surface area contributed by atoms with Crippen LogP contribution in [0, 0.1) is 6.92 Å². The molecule has 0 aliphatic rings. The quantitative estimate of drug-likeness (QED) is 0.854. The average Bonchev–Trinajstić information content (AvgIpc) is 2.41. The highest BCUT2D eigenvalue weighted by molar-refractivity contribution is 7.72. The van der Waals surface area contributed by atoms with Crippen molar-refractivity contribution < 1.29 is 13.2 Å². The van der Waals surface area contributed by atoms with E-state index in [1.807, 2.05) is 43.3 Å². The van der Waals surface area contributed by atoms with Crippen molar-refractivity contribution >= 4 is 10.7 Å². The number of aryl methyl sites for hydroxylation is 1. The van der Waals surface area contributed by atoms with Gasteiger partial charge in [0.2, 0.25) is 0 Å². The predicted molar refractivity (Wildman–Crippen MR) is 75.4 cm³/mol. The first-order chi connectivity index (χ1) is 9.18. The minimum Gasteiger partial charge on any atom is -0.492 e. The third-order valence-electron chi connectivity index (χ3n) is 2.87. The van der Waals surface area contributed by atoms with Gasteiger partial charge in [-0.05, 0) is 24.1 Å². The molecule has 100 valence electrons. The molecule has 3 nitrogen and oxygen atoms in total. The minimum atomic E-state index is -2.63. The van der Waals surface area contributed by atoms with Crippen LogP contribution >= 0.6 is 0 Å². The molecule has 2 rings (SSSR count). The number of hydrogen-bond acceptors (Lipinski definition) is 3. The van der Waals surface area contributed by atoms with Crippen LogP contribution in [-0.2, 0) is 17.1 Å². The maximum absolute atomic E-state index is 11.2. The Labute approximate surface area is 114 Å². The maximum atomic E-state index is 11.2. The number of para-hydroxylation sites is 1. The Morgan fingerprint density at radius 2 is 1.74 bits per heavy atom. The van der Waals surface area contributed by atoms with Gasteiger partial charge in [0, 0.05) is 6.42 Å². The second-order valence-electron chi connectivity index (χ2n) is 4.26. The number of benzene rings is 2. The summed E-state index contributed by atoms with van der Waals surface area (Å²) in [7, 11) is -2.63. The zero-order chi connectivity index (χ0) is 13.7. The van der Waals surface area contributed by atoms with Gasteiger partial charge in [0.1, 0.15) is 10.6 Å². The summed E-state index contributed by atoms with van der Waals surface area (Å²) in [4.78, 5) is 0.253. The van der Waals surface area contributed by atoms with E-state index in [0.29, 0.717) is 12.4 Å². The summed E-state index contributed by atoms with van der Waals surface area (Å²) in [6.07, 6.45) is 0.754. The molecule has 0 aliphatic heterocycles. The van der Waals surface area contributed by atoms with Crippen molar-refractivity contribution in [2.24, 2.45) is 0 Å². The summed E-state index contributed by atoms with van der Waals surface area (Å²) in [5.41, 5.74) is 2.01. The second-order valence-corrected chi connectivity index (χ2v) is 5.26. The Morgan fingerprint density at radius 3 is 2.42 bits per heavy atom. The lowest BCUT2D eigenvalue weighted by Crippen LogP contribution is -2.04. The summed E-state index contributed by atoms with van der Waals surface area (Å²) in [5, 5.41) is 0. The first kappa shape index (κ1) is 13.6. The summed E-state index contributed by atoms with van der Waals surface area (Å²) in [6.45, 7) is 2.31. The van der Waals surface area contributed by atoms with Gasteiger partial charge in [0.15, 0.2) is 10.7 Å². The van der Waals surface area contributed by atoms with Gasteiger partial charge >= 0.3 is 0 Å². The molecule has 2 aromatic carbocycles. The first-order valence-electron chi connectivity index (χ1n) is 6.09. The average molecular weight is 276 g/mol. The zero-order valence-corrected chi connectivity index (χ0v) is 11.6. The highest BCUT2D eigenvalue weighted by atomic mass is 32.2. The SMILES string of the molecule is Cc1cccc([SH](=O)=O)c1OCCc1ccccc1. The normalized spacial score (nSPS) is 10.6. The second kappa shape index (κ2) is 6.38. The van der Waals surface area contributed by atoms with E-state index in [1.165, 1.54) is 5.56 Å². The molecular formula is C15H16O3S. The van der Waals surface area contributed by atoms with Crippen molar-refractivity contribution in [3.05, 3.63) is 59.7 Å². The van der Waals surface area contributed by atoms with Crippen molar-refractivity contribution in [1.29, 1.82) is 0 Å². The van der Waals surface area contributed by atoms with Gasteiger partial charge in [-0.15, -0.1) is 0 Å². The van der Waals surface area contributed by atoms with Crippen molar-refractivity contribution in [3.63, 3.8) is 0 Å². The zero-order valence-electron chi connectivity index (χ0n) is 10.7. The van der Waals surface area contributed by atoms with Crippen LogP contribution in [0.15, 0.2) is 53.4 Å². The lowest BCUT2D eigenvalue weighted by molar-refractivity contribution is 0.311. The van der Waals surface area contributed by atoms with Gasteiger partial charge in [0.05, 0.1) is 6.61 Å². The molecule has 0 aromatic heterocycles. The molecule has 4 heteroatoms. The summed E-state index contributed by atoms with van der Waals surface area (Å²) < 4.78 is 28.0. The molecule has 0 radical (unpaired) electrons. The standard InChI is InChI=1S/C15H16O3S/c1-12-6-5-9-14(19(16)17)15(12)18-11-10-13-7-3-2-4-8-13/h2-9,19H,10-11H2,1H3. The van der Waals surface area contributed by atoms with Gasteiger partial charge in [0.25, 0.3) is 0 Å². The van der Waals surface area contributed by atoms with E-state index in [0.717, 1.165) is 12.0 Å². The summed E-state index contributed by atoms with van der Waals surface area (Å²) in [5.74, 6) is 0.467. The lowest BCUT2D eigenvalue weighted by Gasteiger charge is -2.11. The number of hydrogen-bond donors (Lipinski definition) is 1. The van der Waals surface area contributed by atoms with Crippen molar-refractivity contribution in [2.75, 3.05) is 6.61 Å². The minimum absolute atomic E-state index is 0.253. The van der Waals surface area contributed by atoms with Gasteiger partial charge in [-0.25, -0.2) is 8.42 Å². The van der Waals surface area contributed by atoms with Crippen LogP contribution in [0.3, 0.4) is 0 Å². The molecule has 2 aromatic rings. The Kier molecular flexibility index (Phi) is 4.58. The van der Waals surface area contributed by atoms with Gasteiger partial charge in [-0.3, -0.25) is 0 Å². The topological polar surface area (TPSA) is 43.4 Å². The van der Waals surface area contributed by atoms with E-state index in [-0.39, 0.29) is 4.90 Å². The van der Waals surface area contributed by atoms with Gasteiger partial charge in [-0.1, -0.05) is 42.5 Å². The van der Waals surface area contributed by atoms with Crippen LogP contribution in [0.2, 0.25) is 0 Å². The fourth-order valence-corrected chi connectivity index (χ4v) is 2.50. The Hall–Kier alpha value is -1.81. The fraction of sp³-hybridized carbons (Fsp3) is 0.200. The van der Waals surface area contributed by atoms with Crippen molar-refractivity contribution in [3.8, 4) is 5.75 Å². The van der Waals surface area contributed by atoms with Crippen LogP contribution in [0.4, 0.5) is 0 Å². The molecule has 0 amide bonds. The monoisotopic (exact) mass is 276 g/mol. The summed E-state index contributed by atoms with van der Waals surface area (Å²) in [6, 6.07) is 15.1. The molecule has 19 heavy (non-hydrogen) atoms. The molecule has 0 N–H and O–H groups in total. The lowest BCUT2D eigenvalue weighted by atomic mass is 10.2. The number of ether oxygens (including phenoxy) is 1. The van der Waals surface area contributed by atoms with Crippen LogP contribution < -0.4 is 4.74 Å². The molecule has 0 fully saturated rings.